The molecule has 0 aliphatic heterocycles. The van der Waals surface area contributed by atoms with Gasteiger partial charge >= 0.3 is 6.03 Å². The minimum absolute atomic E-state index is 0.335. The van der Waals surface area contributed by atoms with Crippen LogP contribution in [0.2, 0.25) is 10.0 Å². The summed E-state index contributed by atoms with van der Waals surface area (Å²) in [5, 5.41) is 5.93. The molecular weight excluding hydrogens is 290 g/mol. The Kier molecular flexibility index (Phi) is 4.24. The van der Waals surface area contributed by atoms with Crippen molar-refractivity contribution in [3.05, 3.63) is 58.3 Å². The summed E-state index contributed by atoms with van der Waals surface area (Å²) in [6.07, 6.45) is 0. The molecule has 0 aromatic heterocycles. The van der Waals surface area contributed by atoms with Crippen molar-refractivity contribution >= 4 is 40.6 Å². The summed E-state index contributed by atoms with van der Waals surface area (Å²) in [4.78, 5) is 11.7. The normalized spacial score (nSPS) is 10.1. The van der Waals surface area contributed by atoms with Crippen LogP contribution in [0.25, 0.3) is 0 Å². The number of halogens is 3. The molecule has 2 amide bonds. The van der Waals surface area contributed by atoms with E-state index in [4.69, 9.17) is 23.2 Å². The molecule has 0 atom stereocenters. The third kappa shape index (κ3) is 3.84. The lowest BCUT2D eigenvalue weighted by molar-refractivity contribution is 0.262. The maximum atomic E-state index is 12.7. The van der Waals surface area contributed by atoms with Gasteiger partial charge < -0.3 is 10.6 Å². The van der Waals surface area contributed by atoms with Crippen LogP contribution in [0.4, 0.5) is 20.6 Å². The first-order chi connectivity index (χ1) is 9.04. The van der Waals surface area contributed by atoms with E-state index in [1.165, 1.54) is 30.3 Å². The minimum Gasteiger partial charge on any atom is -0.308 e. The second-order valence-electron chi connectivity index (χ2n) is 3.71. The Morgan fingerprint density at radius 1 is 1.00 bits per heavy atom. The summed E-state index contributed by atoms with van der Waals surface area (Å²) in [6, 6.07) is 9.68. The third-order valence-electron chi connectivity index (χ3n) is 2.28. The van der Waals surface area contributed by atoms with Gasteiger partial charge in [0.15, 0.2) is 0 Å². The topological polar surface area (TPSA) is 41.1 Å². The number of urea groups is 1. The second-order valence-corrected chi connectivity index (χ2v) is 4.55. The largest absolute Gasteiger partial charge is 0.323 e. The Bertz CT molecular complexity index is 602. The first kappa shape index (κ1) is 13.6. The molecule has 2 N–H and O–H groups in total. The highest BCUT2D eigenvalue weighted by Crippen LogP contribution is 2.25. The van der Waals surface area contributed by atoms with Gasteiger partial charge in [0, 0.05) is 10.7 Å². The number of carbonyl (C=O) groups excluding carboxylic acids is 1. The van der Waals surface area contributed by atoms with Crippen LogP contribution in [0.15, 0.2) is 42.5 Å². The summed E-state index contributed by atoms with van der Waals surface area (Å²) in [5.74, 6) is -0.369. The lowest BCUT2D eigenvalue weighted by Gasteiger charge is -2.09. The minimum atomic E-state index is -0.476. The Morgan fingerprint density at radius 2 is 1.68 bits per heavy atom. The number of amides is 2. The van der Waals surface area contributed by atoms with Crippen molar-refractivity contribution < 1.29 is 9.18 Å². The van der Waals surface area contributed by atoms with E-state index in [2.05, 4.69) is 10.6 Å². The van der Waals surface area contributed by atoms with Crippen molar-refractivity contribution in [2.24, 2.45) is 0 Å². The maximum Gasteiger partial charge on any atom is 0.323 e. The molecule has 0 radical (unpaired) electrons. The molecule has 2 aromatic rings. The molecule has 0 fully saturated rings. The van der Waals surface area contributed by atoms with E-state index in [-0.39, 0.29) is 5.82 Å². The zero-order valence-electron chi connectivity index (χ0n) is 9.58. The average Bonchev–Trinajstić information content (AvgIpc) is 2.36. The fourth-order valence-electron chi connectivity index (χ4n) is 1.41. The molecular formula is C13H9Cl2FN2O. The molecule has 6 heteroatoms. The van der Waals surface area contributed by atoms with E-state index in [1.54, 1.807) is 12.1 Å². The van der Waals surface area contributed by atoms with Crippen molar-refractivity contribution in [2.45, 2.75) is 0 Å². The van der Waals surface area contributed by atoms with Crippen LogP contribution in [0.3, 0.4) is 0 Å². The van der Waals surface area contributed by atoms with Crippen molar-refractivity contribution in [3.63, 3.8) is 0 Å². The van der Waals surface area contributed by atoms with Crippen LogP contribution < -0.4 is 10.6 Å². The van der Waals surface area contributed by atoms with Crippen molar-refractivity contribution in [1.82, 2.24) is 0 Å². The molecule has 0 saturated carbocycles. The number of rotatable bonds is 2. The standard InChI is InChI=1S/C13H9Cl2FN2O/c14-8-1-6-12(11(15)7-8)18-13(19)17-10-4-2-9(16)3-5-10/h1-7H,(H2,17,18,19). The zero-order chi connectivity index (χ0) is 13.8. The smallest absolute Gasteiger partial charge is 0.308 e. The summed E-state index contributed by atoms with van der Waals surface area (Å²) in [7, 11) is 0. The van der Waals surface area contributed by atoms with Crippen LogP contribution in [0.1, 0.15) is 0 Å². The number of carbonyl (C=O) groups is 1. The van der Waals surface area contributed by atoms with E-state index in [0.717, 1.165) is 0 Å². The van der Waals surface area contributed by atoms with E-state index >= 15 is 0 Å². The van der Waals surface area contributed by atoms with Crippen LogP contribution in [0, 0.1) is 5.82 Å². The van der Waals surface area contributed by atoms with E-state index < -0.39 is 6.03 Å². The molecule has 0 aliphatic carbocycles. The van der Waals surface area contributed by atoms with Gasteiger partial charge in [-0.05, 0) is 42.5 Å². The van der Waals surface area contributed by atoms with Crippen molar-refractivity contribution in [2.75, 3.05) is 10.6 Å². The van der Waals surface area contributed by atoms with Gasteiger partial charge in [-0.2, -0.15) is 0 Å². The second kappa shape index (κ2) is 5.91. The molecule has 0 heterocycles. The van der Waals surface area contributed by atoms with Gasteiger partial charge in [-0.3, -0.25) is 0 Å². The van der Waals surface area contributed by atoms with Crippen molar-refractivity contribution in [1.29, 1.82) is 0 Å². The number of nitrogens with one attached hydrogen (secondary N) is 2. The van der Waals surface area contributed by atoms with Gasteiger partial charge in [0.25, 0.3) is 0 Å². The number of benzene rings is 2. The van der Waals surface area contributed by atoms with Gasteiger partial charge in [-0.25, -0.2) is 9.18 Å². The Balaban J connectivity index is 2.03. The van der Waals surface area contributed by atoms with Crippen LogP contribution in [-0.4, -0.2) is 6.03 Å². The molecule has 2 rings (SSSR count). The van der Waals surface area contributed by atoms with Crippen LogP contribution in [-0.2, 0) is 0 Å². The number of anilines is 2. The molecule has 0 spiro atoms. The van der Waals surface area contributed by atoms with E-state index in [1.807, 2.05) is 0 Å². The highest BCUT2D eigenvalue weighted by Gasteiger charge is 2.06. The van der Waals surface area contributed by atoms with Crippen molar-refractivity contribution in [3.8, 4) is 0 Å². The molecule has 0 unspecified atom stereocenters. The lowest BCUT2D eigenvalue weighted by atomic mass is 10.3. The Labute approximate surface area is 119 Å². The van der Waals surface area contributed by atoms with Gasteiger partial charge in [0.2, 0.25) is 0 Å². The summed E-state index contributed by atoms with van der Waals surface area (Å²) in [6.45, 7) is 0. The maximum absolute atomic E-state index is 12.7. The molecule has 0 saturated heterocycles. The summed E-state index contributed by atoms with van der Waals surface area (Å²) >= 11 is 11.7. The van der Waals surface area contributed by atoms with Gasteiger partial charge in [0.05, 0.1) is 10.7 Å². The molecule has 98 valence electrons. The molecule has 2 aromatic carbocycles. The van der Waals surface area contributed by atoms with E-state index in [0.29, 0.717) is 21.4 Å². The van der Waals surface area contributed by atoms with Gasteiger partial charge in [0.1, 0.15) is 5.82 Å². The first-order valence-corrected chi connectivity index (χ1v) is 6.09. The highest BCUT2D eigenvalue weighted by atomic mass is 35.5. The predicted molar refractivity (Wildman–Crippen MR) is 75.5 cm³/mol. The lowest BCUT2D eigenvalue weighted by Crippen LogP contribution is -2.19. The fraction of sp³-hybridized carbons (Fsp3) is 0. The quantitative estimate of drug-likeness (QED) is 0.823. The van der Waals surface area contributed by atoms with E-state index in [9.17, 15) is 9.18 Å². The highest BCUT2D eigenvalue weighted by molar-refractivity contribution is 6.36. The SMILES string of the molecule is O=C(Nc1ccc(F)cc1)Nc1ccc(Cl)cc1Cl. The molecule has 0 bridgehead atoms. The average molecular weight is 299 g/mol. The van der Waals surface area contributed by atoms with Crippen LogP contribution in [0.5, 0.6) is 0 Å². The fourth-order valence-corrected chi connectivity index (χ4v) is 1.86. The third-order valence-corrected chi connectivity index (χ3v) is 2.83. The molecule has 0 aliphatic rings. The number of hydrogen-bond acceptors (Lipinski definition) is 1. The Hall–Kier alpha value is -1.78. The number of hydrogen-bond donors (Lipinski definition) is 2. The zero-order valence-corrected chi connectivity index (χ0v) is 11.1. The van der Waals surface area contributed by atoms with Gasteiger partial charge in [-0.15, -0.1) is 0 Å². The predicted octanol–water partition coefficient (Wildman–Crippen LogP) is 4.78. The molecule has 19 heavy (non-hydrogen) atoms. The monoisotopic (exact) mass is 298 g/mol. The van der Waals surface area contributed by atoms with Gasteiger partial charge in [-0.1, -0.05) is 23.2 Å². The summed E-state index contributed by atoms with van der Waals surface area (Å²) < 4.78 is 12.7. The Morgan fingerprint density at radius 3 is 2.32 bits per heavy atom. The molecule has 3 nitrogen and oxygen atoms in total. The first-order valence-electron chi connectivity index (χ1n) is 5.33. The van der Waals surface area contributed by atoms with Crippen LogP contribution >= 0.6 is 23.2 Å². The summed E-state index contributed by atoms with van der Waals surface area (Å²) in [5.41, 5.74) is 0.912.